The van der Waals surface area contributed by atoms with Crippen LogP contribution in [0.5, 0.6) is 5.88 Å². The number of aliphatic imine (C=N–C) groups is 1. The van der Waals surface area contributed by atoms with Crippen LogP contribution < -0.4 is 4.90 Å². The number of anilines is 1. The summed E-state index contributed by atoms with van der Waals surface area (Å²) in [7, 11) is 0. The van der Waals surface area contributed by atoms with Crippen LogP contribution in [0.15, 0.2) is 47.5 Å². The third-order valence-electron chi connectivity index (χ3n) is 5.28. The van der Waals surface area contributed by atoms with Gasteiger partial charge in [-0.25, -0.2) is 0 Å². The summed E-state index contributed by atoms with van der Waals surface area (Å²) >= 11 is 0. The van der Waals surface area contributed by atoms with Crippen molar-refractivity contribution in [1.29, 1.82) is 0 Å². The fourth-order valence-electron chi connectivity index (χ4n) is 3.66. The van der Waals surface area contributed by atoms with Crippen molar-refractivity contribution in [2.24, 2.45) is 10.9 Å². The van der Waals surface area contributed by atoms with E-state index in [0.29, 0.717) is 0 Å². The van der Waals surface area contributed by atoms with E-state index in [4.69, 9.17) is 0 Å². The van der Waals surface area contributed by atoms with Crippen LogP contribution in [-0.2, 0) is 0 Å². The molecular formula is C23H27N3O. The number of nitrogens with one attached hydrogen (secondary N) is 1. The third-order valence-corrected chi connectivity index (χ3v) is 5.28. The molecule has 4 heteroatoms. The molecule has 1 aromatic heterocycles. The molecule has 1 saturated carbocycles. The largest absolute Gasteiger partial charge is 0.494 e. The maximum Gasteiger partial charge on any atom is 0.198 e. The zero-order chi connectivity index (χ0) is 18.8. The Labute approximate surface area is 160 Å². The smallest absolute Gasteiger partial charge is 0.198 e. The Bertz CT molecular complexity index is 952. The van der Waals surface area contributed by atoms with Crippen LogP contribution >= 0.6 is 0 Å². The summed E-state index contributed by atoms with van der Waals surface area (Å²) in [5, 5.41) is 11.3. The molecule has 0 aliphatic heterocycles. The molecule has 1 fully saturated rings. The lowest BCUT2D eigenvalue weighted by Crippen LogP contribution is -2.26. The Kier molecular flexibility index (Phi) is 4.88. The molecule has 1 heterocycles. The zero-order valence-corrected chi connectivity index (χ0v) is 16.1. The SMILES string of the molecule is CCCN(CC1CC1)c1ccc(N=Cc2c(O)[nH]c3cccc(C)c23)cc1. The second kappa shape index (κ2) is 7.47. The van der Waals surface area contributed by atoms with Crippen LogP contribution in [0.2, 0.25) is 0 Å². The number of benzene rings is 2. The van der Waals surface area contributed by atoms with E-state index < -0.39 is 0 Å². The summed E-state index contributed by atoms with van der Waals surface area (Å²) in [6.07, 6.45) is 5.66. The molecule has 0 unspecified atom stereocenters. The number of hydrogen-bond acceptors (Lipinski definition) is 3. The molecule has 4 nitrogen and oxygen atoms in total. The zero-order valence-electron chi connectivity index (χ0n) is 16.1. The van der Waals surface area contributed by atoms with Gasteiger partial charge in [0.25, 0.3) is 0 Å². The molecule has 140 valence electrons. The van der Waals surface area contributed by atoms with E-state index in [2.05, 4.69) is 46.1 Å². The average molecular weight is 361 g/mol. The van der Waals surface area contributed by atoms with E-state index in [1.807, 2.05) is 25.1 Å². The Morgan fingerprint density at radius 2 is 1.96 bits per heavy atom. The monoisotopic (exact) mass is 361 g/mol. The molecule has 1 aliphatic carbocycles. The number of fused-ring (bicyclic) bond motifs is 1. The summed E-state index contributed by atoms with van der Waals surface area (Å²) in [4.78, 5) is 10.1. The lowest BCUT2D eigenvalue weighted by Gasteiger charge is -2.24. The minimum absolute atomic E-state index is 0.165. The quantitative estimate of drug-likeness (QED) is 0.541. The van der Waals surface area contributed by atoms with Crippen LogP contribution in [0.4, 0.5) is 11.4 Å². The number of aromatic nitrogens is 1. The van der Waals surface area contributed by atoms with Crippen molar-refractivity contribution in [3.63, 3.8) is 0 Å². The predicted octanol–water partition coefficient (Wildman–Crippen LogP) is 5.56. The number of aromatic amines is 1. The number of rotatable bonds is 7. The molecule has 1 aliphatic rings. The lowest BCUT2D eigenvalue weighted by atomic mass is 10.1. The van der Waals surface area contributed by atoms with Crippen molar-refractivity contribution in [2.75, 3.05) is 18.0 Å². The number of H-pyrrole nitrogens is 1. The van der Waals surface area contributed by atoms with E-state index in [-0.39, 0.29) is 5.88 Å². The second-order valence-corrected chi connectivity index (χ2v) is 7.55. The number of hydrogen-bond donors (Lipinski definition) is 2. The fraction of sp³-hybridized carbons (Fsp3) is 0.348. The standard InChI is InChI=1S/C23H27N3O/c1-3-13-26(15-17-7-8-17)19-11-9-18(10-12-19)24-14-20-22-16(2)5-4-6-21(22)25-23(20)27/h4-6,9-12,14,17,25,27H,3,7-8,13,15H2,1-2H3. The van der Waals surface area contributed by atoms with Crippen molar-refractivity contribution in [3.8, 4) is 5.88 Å². The summed E-state index contributed by atoms with van der Waals surface area (Å²) in [6.45, 7) is 6.54. The molecule has 0 spiro atoms. The molecule has 3 aromatic rings. The van der Waals surface area contributed by atoms with E-state index in [9.17, 15) is 5.11 Å². The highest BCUT2D eigenvalue weighted by Gasteiger charge is 2.24. The van der Waals surface area contributed by atoms with Gasteiger partial charge in [0.2, 0.25) is 0 Å². The van der Waals surface area contributed by atoms with E-state index in [1.165, 1.54) is 25.1 Å². The Morgan fingerprint density at radius 1 is 1.19 bits per heavy atom. The molecule has 0 saturated heterocycles. The Morgan fingerprint density at radius 3 is 2.67 bits per heavy atom. The van der Waals surface area contributed by atoms with Crippen LogP contribution in [0.25, 0.3) is 10.9 Å². The highest BCUT2D eigenvalue weighted by molar-refractivity contribution is 6.04. The van der Waals surface area contributed by atoms with Gasteiger partial charge in [-0.05, 0) is 68.0 Å². The highest BCUT2D eigenvalue weighted by Crippen LogP contribution is 2.32. The summed E-state index contributed by atoms with van der Waals surface area (Å²) < 4.78 is 0. The van der Waals surface area contributed by atoms with Crippen LogP contribution in [0, 0.1) is 12.8 Å². The molecule has 0 bridgehead atoms. The topological polar surface area (TPSA) is 51.6 Å². The molecule has 27 heavy (non-hydrogen) atoms. The van der Waals surface area contributed by atoms with Crippen molar-refractivity contribution < 1.29 is 5.11 Å². The summed E-state index contributed by atoms with van der Waals surface area (Å²) in [5.41, 5.74) is 4.96. The first-order valence-electron chi connectivity index (χ1n) is 9.85. The van der Waals surface area contributed by atoms with E-state index >= 15 is 0 Å². The minimum Gasteiger partial charge on any atom is -0.494 e. The van der Waals surface area contributed by atoms with Gasteiger partial charge in [-0.1, -0.05) is 19.1 Å². The number of nitrogens with zero attached hydrogens (tertiary/aromatic N) is 2. The summed E-state index contributed by atoms with van der Waals surface area (Å²) in [5.74, 6) is 1.04. The van der Waals surface area contributed by atoms with Gasteiger partial charge in [-0.15, -0.1) is 0 Å². The normalized spacial score (nSPS) is 14.3. The molecule has 0 atom stereocenters. The third kappa shape index (κ3) is 3.85. The first-order valence-corrected chi connectivity index (χ1v) is 9.85. The maximum atomic E-state index is 10.2. The van der Waals surface area contributed by atoms with Crippen molar-refractivity contribution in [3.05, 3.63) is 53.6 Å². The lowest BCUT2D eigenvalue weighted by molar-refractivity contribution is 0.457. The average Bonchev–Trinajstić information content (AvgIpc) is 3.42. The molecule has 2 N–H and O–H groups in total. The van der Waals surface area contributed by atoms with E-state index in [0.717, 1.165) is 46.6 Å². The second-order valence-electron chi connectivity index (χ2n) is 7.55. The highest BCUT2D eigenvalue weighted by atomic mass is 16.3. The van der Waals surface area contributed by atoms with Gasteiger partial charge in [0.1, 0.15) is 0 Å². The molecular weight excluding hydrogens is 334 g/mol. The van der Waals surface area contributed by atoms with Crippen molar-refractivity contribution >= 4 is 28.5 Å². The molecule has 0 amide bonds. The van der Waals surface area contributed by atoms with Gasteiger partial charge in [0.15, 0.2) is 5.88 Å². The van der Waals surface area contributed by atoms with Gasteiger partial charge in [-0.2, -0.15) is 0 Å². The van der Waals surface area contributed by atoms with Gasteiger partial charge in [-0.3, -0.25) is 4.99 Å². The summed E-state index contributed by atoms with van der Waals surface area (Å²) in [6, 6.07) is 14.4. The van der Waals surface area contributed by atoms with Crippen LogP contribution in [-0.4, -0.2) is 29.4 Å². The van der Waals surface area contributed by atoms with Crippen LogP contribution in [0.3, 0.4) is 0 Å². The first-order chi connectivity index (χ1) is 13.2. The number of aryl methyl sites for hydroxylation is 1. The van der Waals surface area contributed by atoms with Crippen LogP contribution in [0.1, 0.15) is 37.3 Å². The minimum atomic E-state index is 0.165. The first kappa shape index (κ1) is 17.7. The maximum absolute atomic E-state index is 10.2. The fourth-order valence-corrected chi connectivity index (χ4v) is 3.66. The molecule has 4 rings (SSSR count). The predicted molar refractivity (Wildman–Crippen MR) is 114 cm³/mol. The van der Waals surface area contributed by atoms with Gasteiger partial charge in [0.05, 0.1) is 11.3 Å². The van der Waals surface area contributed by atoms with Crippen molar-refractivity contribution in [2.45, 2.75) is 33.1 Å². The van der Waals surface area contributed by atoms with E-state index in [1.54, 1.807) is 6.21 Å². The number of aromatic hydroxyl groups is 1. The Balaban J connectivity index is 1.55. The molecule has 0 radical (unpaired) electrons. The van der Waals surface area contributed by atoms with Gasteiger partial charge >= 0.3 is 0 Å². The van der Waals surface area contributed by atoms with Gasteiger partial charge in [0, 0.05) is 35.9 Å². The molecule has 2 aromatic carbocycles. The Hall–Kier alpha value is -2.75. The van der Waals surface area contributed by atoms with Crippen molar-refractivity contribution in [1.82, 2.24) is 4.98 Å². The van der Waals surface area contributed by atoms with Gasteiger partial charge < -0.3 is 15.0 Å².